The molecule has 4 aromatic rings. The second-order valence-electron chi connectivity index (χ2n) is 7.84. The third-order valence-corrected chi connectivity index (χ3v) is 5.48. The number of hydrogen-bond acceptors (Lipinski definition) is 7. The molecule has 2 aromatic heterocycles. The number of para-hydroxylation sites is 1. The number of anilines is 1. The Morgan fingerprint density at radius 2 is 1.83 bits per heavy atom. The van der Waals surface area contributed by atoms with E-state index in [4.69, 9.17) is 4.52 Å². The molecular weight excluding hydrogens is 455 g/mol. The molecule has 0 bridgehead atoms. The number of carbonyl (C=O) groups is 1. The van der Waals surface area contributed by atoms with Crippen molar-refractivity contribution in [1.29, 1.82) is 0 Å². The summed E-state index contributed by atoms with van der Waals surface area (Å²) in [4.78, 5) is 43.6. The summed E-state index contributed by atoms with van der Waals surface area (Å²) in [7, 11) is 1.48. The highest BCUT2D eigenvalue weighted by molar-refractivity contribution is 5.92. The van der Waals surface area contributed by atoms with Gasteiger partial charge < -0.3 is 9.42 Å². The van der Waals surface area contributed by atoms with E-state index in [-0.39, 0.29) is 48.4 Å². The van der Waals surface area contributed by atoms with Crippen LogP contribution in [0, 0.1) is 12.7 Å². The molecule has 0 unspecified atom stereocenters. The molecule has 0 N–H and O–H groups in total. The van der Waals surface area contributed by atoms with Gasteiger partial charge in [-0.1, -0.05) is 35.0 Å². The predicted octanol–water partition coefficient (Wildman–Crippen LogP) is 2.51. The number of hydrogen-bond donors (Lipinski definition) is 0. The van der Waals surface area contributed by atoms with Crippen LogP contribution in [0.2, 0.25) is 0 Å². The molecule has 0 aliphatic heterocycles. The van der Waals surface area contributed by atoms with Gasteiger partial charge in [-0.05, 0) is 38.1 Å². The summed E-state index contributed by atoms with van der Waals surface area (Å²) in [5.41, 5.74) is 0.251. The van der Waals surface area contributed by atoms with E-state index in [2.05, 4.69) is 15.2 Å². The van der Waals surface area contributed by atoms with Gasteiger partial charge in [0.1, 0.15) is 5.82 Å². The number of nitrogens with zero attached hydrogens (tertiary/aromatic N) is 6. The molecule has 0 spiro atoms. The minimum absolute atomic E-state index is 0.0258. The summed E-state index contributed by atoms with van der Waals surface area (Å²) in [6.45, 7) is 3.71. The zero-order chi connectivity index (χ0) is 25.1. The van der Waals surface area contributed by atoms with Gasteiger partial charge in [0, 0.05) is 26.4 Å². The second kappa shape index (κ2) is 9.84. The normalized spacial score (nSPS) is 11.0. The van der Waals surface area contributed by atoms with Gasteiger partial charge in [-0.15, -0.1) is 0 Å². The molecule has 1 amide bonds. The van der Waals surface area contributed by atoms with Crippen LogP contribution in [0.15, 0.2) is 62.6 Å². The molecule has 10 nitrogen and oxygen atoms in total. The molecule has 180 valence electrons. The quantitative estimate of drug-likeness (QED) is 0.401. The molecule has 4 rings (SSSR count). The standard InChI is InChI=1S/C24H23FN6O4/c1-4-30-23(33)21(27-31(24(30)34)16-11-9-15(2)10-12-16)22-26-19(35-28-22)13-14-20(32)29(3)18-8-6-5-7-17(18)25/h5-12H,4,13-14H2,1-3H3. The average molecular weight is 478 g/mol. The SMILES string of the molecule is CCn1c(=O)c(-c2noc(CCC(=O)N(C)c3ccccc3F)n2)nn(-c2ccc(C)cc2)c1=O. The summed E-state index contributed by atoms with van der Waals surface area (Å²) >= 11 is 0. The molecule has 0 radical (unpaired) electrons. The number of rotatable bonds is 7. The van der Waals surface area contributed by atoms with Gasteiger partial charge in [-0.3, -0.25) is 14.2 Å². The first-order valence-electron chi connectivity index (χ1n) is 11.0. The smallest absolute Gasteiger partial charge is 0.339 e. The van der Waals surface area contributed by atoms with Crippen molar-refractivity contribution in [2.45, 2.75) is 33.2 Å². The number of benzene rings is 2. The summed E-state index contributed by atoms with van der Waals surface area (Å²) in [6, 6.07) is 13.0. The van der Waals surface area contributed by atoms with Gasteiger partial charge in [-0.25, -0.2) is 9.18 Å². The van der Waals surface area contributed by atoms with E-state index < -0.39 is 17.1 Å². The highest BCUT2D eigenvalue weighted by atomic mass is 19.1. The first kappa shape index (κ1) is 23.7. The van der Waals surface area contributed by atoms with Crippen LogP contribution >= 0.6 is 0 Å². The fraction of sp³-hybridized carbons (Fsp3) is 0.250. The van der Waals surface area contributed by atoms with Crippen molar-refractivity contribution in [1.82, 2.24) is 24.5 Å². The highest BCUT2D eigenvalue weighted by Gasteiger charge is 2.21. The van der Waals surface area contributed by atoms with E-state index in [1.165, 1.54) is 24.1 Å². The van der Waals surface area contributed by atoms with Gasteiger partial charge in [0.15, 0.2) is 5.69 Å². The number of aryl methyl sites for hydroxylation is 2. The largest absolute Gasteiger partial charge is 0.352 e. The van der Waals surface area contributed by atoms with Gasteiger partial charge in [0.2, 0.25) is 17.6 Å². The Bertz CT molecular complexity index is 1490. The van der Waals surface area contributed by atoms with Gasteiger partial charge in [0.05, 0.1) is 11.4 Å². The average Bonchev–Trinajstić information content (AvgIpc) is 3.32. The molecule has 0 atom stereocenters. The molecular formula is C24H23FN6O4. The Balaban J connectivity index is 1.59. The van der Waals surface area contributed by atoms with Crippen LogP contribution < -0.4 is 16.1 Å². The molecule has 2 heterocycles. The number of carbonyl (C=O) groups excluding carboxylic acids is 1. The lowest BCUT2D eigenvalue weighted by molar-refractivity contribution is -0.118. The Morgan fingerprint density at radius 1 is 1.11 bits per heavy atom. The predicted molar refractivity (Wildman–Crippen MR) is 126 cm³/mol. The lowest BCUT2D eigenvalue weighted by Gasteiger charge is -2.17. The van der Waals surface area contributed by atoms with Crippen LogP contribution in [0.4, 0.5) is 10.1 Å². The number of amides is 1. The Hall–Kier alpha value is -4.41. The third kappa shape index (κ3) is 4.79. The minimum atomic E-state index is -0.649. The van der Waals surface area contributed by atoms with E-state index in [9.17, 15) is 18.8 Å². The molecule has 0 aliphatic carbocycles. The topological polar surface area (TPSA) is 116 Å². The maximum absolute atomic E-state index is 14.0. The minimum Gasteiger partial charge on any atom is -0.339 e. The zero-order valence-corrected chi connectivity index (χ0v) is 19.4. The first-order chi connectivity index (χ1) is 16.8. The molecule has 0 fully saturated rings. The summed E-state index contributed by atoms with van der Waals surface area (Å²) in [5, 5.41) is 8.04. The molecule has 0 aliphatic rings. The summed E-state index contributed by atoms with van der Waals surface area (Å²) < 4.78 is 21.3. The van der Waals surface area contributed by atoms with E-state index in [0.717, 1.165) is 14.8 Å². The summed E-state index contributed by atoms with van der Waals surface area (Å²) in [6.07, 6.45) is 0.0478. The Kier molecular flexibility index (Phi) is 6.67. The Labute approximate surface area is 199 Å². The summed E-state index contributed by atoms with van der Waals surface area (Å²) in [5.74, 6) is -0.852. The fourth-order valence-electron chi connectivity index (χ4n) is 3.48. The molecule has 11 heteroatoms. The van der Waals surface area contributed by atoms with Crippen LogP contribution in [-0.2, 0) is 17.8 Å². The van der Waals surface area contributed by atoms with Crippen molar-refractivity contribution in [3.05, 3.63) is 86.6 Å². The van der Waals surface area contributed by atoms with Crippen LogP contribution in [0.25, 0.3) is 17.2 Å². The van der Waals surface area contributed by atoms with Crippen molar-refractivity contribution in [2.75, 3.05) is 11.9 Å². The second-order valence-corrected chi connectivity index (χ2v) is 7.84. The third-order valence-electron chi connectivity index (χ3n) is 5.48. The van der Waals surface area contributed by atoms with Crippen molar-refractivity contribution < 1.29 is 13.7 Å². The monoisotopic (exact) mass is 478 g/mol. The van der Waals surface area contributed by atoms with Gasteiger partial charge >= 0.3 is 5.69 Å². The van der Waals surface area contributed by atoms with Gasteiger partial charge in [-0.2, -0.15) is 14.8 Å². The lowest BCUT2D eigenvalue weighted by atomic mass is 10.2. The fourth-order valence-corrected chi connectivity index (χ4v) is 3.48. The van der Waals surface area contributed by atoms with E-state index in [0.29, 0.717) is 5.69 Å². The van der Waals surface area contributed by atoms with Crippen molar-refractivity contribution in [3.63, 3.8) is 0 Å². The Morgan fingerprint density at radius 3 is 2.51 bits per heavy atom. The number of aromatic nitrogens is 5. The number of halogens is 1. The molecule has 0 saturated carbocycles. The van der Waals surface area contributed by atoms with Crippen molar-refractivity contribution in [2.24, 2.45) is 0 Å². The molecule has 35 heavy (non-hydrogen) atoms. The van der Waals surface area contributed by atoms with Crippen molar-refractivity contribution in [3.8, 4) is 17.2 Å². The lowest BCUT2D eigenvalue weighted by Crippen LogP contribution is -2.41. The van der Waals surface area contributed by atoms with Gasteiger partial charge in [0.25, 0.3) is 5.56 Å². The highest BCUT2D eigenvalue weighted by Crippen LogP contribution is 2.18. The first-order valence-corrected chi connectivity index (χ1v) is 11.0. The maximum atomic E-state index is 14.0. The van der Waals surface area contributed by atoms with E-state index in [1.807, 2.05) is 19.1 Å². The maximum Gasteiger partial charge on any atom is 0.352 e. The zero-order valence-electron chi connectivity index (χ0n) is 19.4. The van der Waals surface area contributed by atoms with Crippen molar-refractivity contribution >= 4 is 11.6 Å². The van der Waals surface area contributed by atoms with Crippen LogP contribution in [0.3, 0.4) is 0 Å². The molecule has 2 aromatic carbocycles. The van der Waals surface area contributed by atoms with Crippen LogP contribution in [-0.4, -0.2) is 37.4 Å². The van der Waals surface area contributed by atoms with Crippen LogP contribution in [0.1, 0.15) is 24.8 Å². The van der Waals surface area contributed by atoms with E-state index >= 15 is 0 Å². The van der Waals surface area contributed by atoms with Crippen LogP contribution in [0.5, 0.6) is 0 Å². The van der Waals surface area contributed by atoms with E-state index in [1.54, 1.807) is 31.2 Å². The molecule has 0 saturated heterocycles.